The fourth-order valence-electron chi connectivity index (χ4n) is 4.01. The smallest absolute Gasteiger partial charge is 0.355 e. The van der Waals surface area contributed by atoms with E-state index in [9.17, 15) is 4.79 Å². The summed E-state index contributed by atoms with van der Waals surface area (Å²) >= 11 is 7.88. The summed E-state index contributed by atoms with van der Waals surface area (Å²) in [5.74, 6) is -0.00328. The molecule has 0 radical (unpaired) electrons. The number of nitrogen functional groups attached to an aromatic ring is 1. The fourth-order valence-corrected chi connectivity index (χ4v) is 5.25. The Hall–Kier alpha value is -2.93. The van der Waals surface area contributed by atoms with Gasteiger partial charge in [-0.1, -0.05) is 48.0 Å². The maximum absolute atomic E-state index is 12.9. The lowest BCUT2D eigenvalue weighted by Crippen LogP contribution is -2.28. The number of carbonyl (C=O) groups excluding carboxylic acids is 1. The van der Waals surface area contributed by atoms with E-state index < -0.39 is 5.97 Å². The minimum atomic E-state index is -0.480. The Bertz CT molecular complexity index is 1300. The van der Waals surface area contributed by atoms with E-state index >= 15 is 0 Å². The number of pyridine rings is 1. The monoisotopic (exact) mass is 449 g/mol. The lowest BCUT2D eigenvalue weighted by Gasteiger charge is -2.27. The van der Waals surface area contributed by atoms with Crippen molar-refractivity contribution in [3.63, 3.8) is 0 Å². The summed E-state index contributed by atoms with van der Waals surface area (Å²) in [7, 11) is 2.09. The van der Waals surface area contributed by atoms with Gasteiger partial charge in [-0.2, -0.15) is 0 Å². The topological polar surface area (TPSA) is 68.5 Å². The lowest BCUT2D eigenvalue weighted by molar-refractivity contribution is 0.0741. The number of nitrogens with two attached hydrogens (primary N) is 1. The van der Waals surface area contributed by atoms with Gasteiger partial charge in [-0.3, -0.25) is 0 Å². The molecule has 0 amide bonds. The second kappa shape index (κ2) is 7.96. The minimum Gasteiger partial charge on any atom is -0.422 e. The van der Waals surface area contributed by atoms with Crippen LogP contribution in [0.3, 0.4) is 0 Å². The maximum atomic E-state index is 12.9. The molecule has 7 heteroatoms. The zero-order valence-electron chi connectivity index (χ0n) is 16.9. The molecule has 0 spiro atoms. The third kappa shape index (κ3) is 3.57. The Morgan fingerprint density at radius 3 is 2.68 bits per heavy atom. The van der Waals surface area contributed by atoms with Crippen LogP contribution in [0.4, 0.5) is 5.69 Å². The van der Waals surface area contributed by atoms with Crippen molar-refractivity contribution in [2.75, 3.05) is 19.3 Å². The molecule has 1 aliphatic rings. The maximum Gasteiger partial charge on any atom is 0.355 e. The van der Waals surface area contributed by atoms with E-state index in [1.165, 1.54) is 11.3 Å². The summed E-state index contributed by atoms with van der Waals surface area (Å²) in [5, 5.41) is 1.41. The molecule has 0 saturated heterocycles. The van der Waals surface area contributed by atoms with Crippen LogP contribution in [-0.4, -0.2) is 29.4 Å². The number of nitrogens with zero attached hydrogens (tertiary/aromatic N) is 2. The number of thiophene rings is 1. The summed E-state index contributed by atoms with van der Waals surface area (Å²) < 4.78 is 5.55. The van der Waals surface area contributed by atoms with Crippen molar-refractivity contribution in [1.29, 1.82) is 0 Å². The van der Waals surface area contributed by atoms with Crippen LogP contribution in [0.2, 0.25) is 5.02 Å². The predicted octanol–water partition coefficient (Wildman–Crippen LogP) is 5.41. The number of rotatable bonds is 3. The normalized spacial score (nSPS) is 13.9. The quantitative estimate of drug-likeness (QED) is 0.334. The largest absolute Gasteiger partial charge is 0.422 e. The summed E-state index contributed by atoms with van der Waals surface area (Å²) in [5.41, 5.74) is 11.0. The molecule has 156 valence electrons. The molecule has 1 aliphatic heterocycles. The van der Waals surface area contributed by atoms with E-state index in [1.54, 1.807) is 12.1 Å². The first kappa shape index (κ1) is 20.0. The third-order valence-electron chi connectivity index (χ3n) is 5.50. The first-order chi connectivity index (χ1) is 15.0. The fraction of sp³-hybridized carbons (Fsp3) is 0.167. The van der Waals surface area contributed by atoms with E-state index in [1.807, 2.05) is 42.5 Å². The highest BCUT2D eigenvalue weighted by Crippen LogP contribution is 2.45. The van der Waals surface area contributed by atoms with E-state index in [0.717, 1.165) is 52.1 Å². The van der Waals surface area contributed by atoms with Gasteiger partial charge in [-0.05, 0) is 30.8 Å². The molecule has 2 aromatic heterocycles. The van der Waals surface area contributed by atoms with Gasteiger partial charge in [0, 0.05) is 46.7 Å². The van der Waals surface area contributed by atoms with E-state index in [0.29, 0.717) is 21.3 Å². The Morgan fingerprint density at radius 1 is 1.16 bits per heavy atom. The molecule has 0 atom stereocenters. The number of anilines is 1. The van der Waals surface area contributed by atoms with Crippen LogP contribution in [0.25, 0.3) is 21.3 Å². The number of hydrogen-bond acceptors (Lipinski definition) is 6. The Kier molecular flexibility index (Phi) is 5.14. The average molecular weight is 450 g/mol. The molecule has 2 N–H and O–H groups in total. The van der Waals surface area contributed by atoms with Crippen molar-refractivity contribution in [3.05, 3.63) is 75.8 Å². The summed E-state index contributed by atoms with van der Waals surface area (Å²) in [6, 6.07) is 16.7. The van der Waals surface area contributed by atoms with Crippen molar-refractivity contribution in [1.82, 2.24) is 9.88 Å². The Morgan fingerprint density at radius 2 is 1.90 bits per heavy atom. The van der Waals surface area contributed by atoms with E-state index in [-0.39, 0.29) is 0 Å². The van der Waals surface area contributed by atoms with Gasteiger partial charge in [0.15, 0.2) is 0 Å². The van der Waals surface area contributed by atoms with Gasteiger partial charge >= 0.3 is 5.97 Å². The molecule has 0 bridgehead atoms. The molecule has 0 unspecified atom stereocenters. The summed E-state index contributed by atoms with van der Waals surface area (Å²) in [6.07, 6.45) is 0.834. The van der Waals surface area contributed by atoms with Crippen LogP contribution in [0.1, 0.15) is 20.9 Å². The SMILES string of the molecule is CN1CCc2nc3sc(C(=O)Oc4ccccc4)c(N)c3c(-c3ccccc3Cl)c2C1. The number of esters is 1. The first-order valence-corrected chi connectivity index (χ1v) is 11.2. The first-order valence-electron chi connectivity index (χ1n) is 9.97. The number of para-hydroxylation sites is 1. The molecule has 0 fully saturated rings. The van der Waals surface area contributed by atoms with Crippen LogP contribution in [0.5, 0.6) is 5.75 Å². The van der Waals surface area contributed by atoms with Crippen LogP contribution in [0.15, 0.2) is 54.6 Å². The molecule has 3 heterocycles. The number of fused-ring (bicyclic) bond motifs is 2. The number of benzene rings is 2. The second-order valence-electron chi connectivity index (χ2n) is 7.61. The Balaban J connectivity index is 1.72. The molecule has 0 saturated carbocycles. The highest BCUT2D eigenvalue weighted by molar-refractivity contribution is 7.21. The number of halogens is 1. The van der Waals surface area contributed by atoms with E-state index in [4.69, 9.17) is 27.1 Å². The van der Waals surface area contributed by atoms with Gasteiger partial charge < -0.3 is 15.4 Å². The van der Waals surface area contributed by atoms with Crippen molar-refractivity contribution < 1.29 is 9.53 Å². The molecule has 31 heavy (non-hydrogen) atoms. The Labute approximate surface area is 189 Å². The summed E-state index contributed by atoms with van der Waals surface area (Å²) in [6.45, 7) is 1.68. The highest BCUT2D eigenvalue weighted by atomic mass is 35.5. The zero-order chi connectivity index (χ0) is 21.5. The molecule has 0 aliphatic carbocycles. The van der Waals surface area contributed by atoms with Crippen LogP contribution in [-0.2, 0) is 13.0 Å². The van der Waals surface area contributed by atoms with Crippen molar-refractivity contribution >= 4 is 44.8 Å². The third-order valence-corrected chi connectivity index (χ3v) is 6.91. The number of carbonyl (C=O) groups is 1. The minimum absolute atomic E-state index is 0.357. The highest BCUT2D eigenvalue weighted by Gasteiger charge is 2.28. The summed E-state index contributed by atoms with van der Waals surface area (Å²) in [4.78, 5) is 21.2. The molecular formula is C24H20ClN3O2S. The van der Waals surface area contributed by atoms with E-state index in [2.05, 4.69) is 11.9 Å². The number of ether oxygens (including phenoxy) is 1. The van der Waals surface area contributed by atoms with Gasteiger partial charge in [0.2, 0.25) is 0 Å². The zero-order valence-corrected chi connectivity index (χ0v) is 18.5. The molecule has 5 nitrogen and oxygen atoms in total. The van der Waals surface area contributed by atoms with Crippen LogP contribution < -0.4 is 10.5 Å². The van der Waals surface area contributed by atoms with Gasteiger partial charge in [-0.25, -0.2) is 9.78 Å². The van der Waals surface area contributed by atoms with Crippen molar-refractivity contribution in [2.24, 2.45) is 0 Å². The predicted molar refractivity (Wildman–Crippen MR) is 126 cm³/mol. The average Bonchev–Trinajstić information content (AvgIpc) is 3.10. The van der Waals surface area contributed by atoms with Crippen molar-refractivity contribution in [3.8, 4) is 16.9 Å². The van der Waals surface area contributed by atoms with Crippen molar-refractivity contribution in [2.45, 2.75) is 13.0 Å². The van der Waals surface area contributed by atoms with Gasteiger partial charge in [-0.15, -0.1) is 11.3 Å². The molecule has 5 rings (SSSR count). The van der Waals surface area contributed by atoms with Gasteiger partial charge in [0.1, 0.15) is 15.5 Å². The molecular weight excluding hydrogens is 430 g/mol. The molecule has 2 aromatic carbocycles. The molecule has 4 aromatic rings. The van der Waals surface area contributed by atoms with Crippen LogP contribution >= 0.6 is 22.9 Å². The standard InChI is InChI=1S/C24H20ClN3O2S/c1-28-12-11-18-16(13-28)19(15-9-5-6-10-17(15)25)20-21(26)22(31-23(20)27-18)24(29)30-14-7-3-2-4-8-14/h2-10H,11-13,26H2,1H3. The number of likely N-dealkylation sites (N-methyl/N-ethyl adjacent to an activating group) is 1. The lowest BCUT2D eigenvalue weighted by atomic mass is 9.92. The number of hydrogen-bond donors (Lipinski definition) is 1. The number of aromatic nitrogens is 1. The second-order valence-corrected chi connectivity index (χ2v) is 9.01. The van der Waals surface area contributed by atoms with Gasteiger partial charge in [0.25, 0.3) is 0 Å². The van der Waals surface area contributed by atoms with Crippen LogP contribution in [0, 0.1) is 0 Å². The van der Waals surface area contributed by atoms with Gasteiger partial charge in [0.05, 0.1) is 5.69 Å².